The molecule has 3 rings (SSSR count). The normalized spacial score (nSPS) is 18.1. The Kier molecular flexibility index (Phi) is 15.8. The van der Waals surface area contributed by atoms with Crippen LogP contribution in [0.1, 0.15) is 62.6 Å². The molecule has 292 valence electrons. The van der Waals surface area contributed by atoms with Crippen LogP contribution in [0.2, 0.25) is 0 Å². The fraction of sp³-hybridized carbons (Fsp3) is 0.541. The maximum Gasteiger partial charge on any atom is 0.416 e. The minimum atomic E-state index is -4.52. The number of amides is 4. The molecule has 13 nitrogen and oxygen atoms in total. The number of carbonyl (C=O) groups is 5. The summed E-state index contributed by atoms with van der Waals surface area (Å²) in [6.45, 7) is 4.19. The molecule has 0 bridgehead atoms. The van der Waals surface area contributed by atoms with Gasteiger partial charge in [0.05, 0.1) is 18.7 Å². The van der Waals surface area contributed by atoms with Crippen molar-refractivity contribution in [1.82, 2.24) is 20.9 Å². The third-order valence-corrected chi connectivity index (χ3v) is 9.10. The first kappa shape index (κ1) is 42.9. The molecule has 0 aliphatic carbocycles. The van der Waals surface area contributed by atoms with Crippen LogP contribution in [0.4, 0.5) is 13.2 Å². The molecule has 53 heavy (non-hydrogen) atoms. The summed E-state index contributed by atoms with van der Waals surface area (Å²) in [5.41, 5.74) is 16.9. The van der Waals surface area contributed by atoms with E-state index in [2.05, 4.69) is 16.0 Å². The van der Waals surface area contributed by atoms with Gasteiger partial charge in [0.25, 0.3) is 0 Å². The number of alkyl halides is 3. The van der Waals surface area contributed by atoms with E-state index in [1.54, 1.807) is 30.3 Å². The molecular weight excluding hydrogens is 695 g/mol. The molecule has 1 fully saturated rings. The predicted octanol–water partition coefficient (Wildman–Crippen LogP) is 1.55. The molecule has 1 aliphatic heterocycles. The maximum atomic E-state index is 13.9. The smallest absolute Gasteiger partial charge is 0.416 e. The van der Waals surface area contributed by atoms with Crippen LogP contribution in [0.3, 0.4) is 0 Å². The fourth-order valence-corrected chi connectivity index (χ4v) is 6.12. The van der Waals surface area contributed by atoms with Crippen molar-refractivity contribution in [2.75, 3.05) is 26.7 Å². The first-order valence-corrected chi connectivity index (χ1v) is 17.7. The lowest BCUT2D eigenvalue weighted by molar-refractivity contribution is -0.147. The second-order valence-corrected chi connectivity index (χ2v) is 14.0. The molecule has 2 aromatic carbocycles. The minimum Gasteiger partial charge on any atom is -0.468 e. The third kappa shape index (κ3) is 12.8. The quantitative estimate of drug-likeness (QED) is 0.0964. The molecule has 1 unspecified atom stereocenters. The number of nitrogens with two attached hydrogens (primary N) is 3. The lowest BCUT2D eigenvalue weighted by atomic mass is 9.99. The van der Waals surface area contributed by atoms with Crippen LogP contribution in [-0.2, 0) is 47.7 Å². The van der Waals surface area contributed by atoms with Gasteiger partial charge in [0.15, 0.2) is 0 Å². The van der Waals surface area contributed by atoms with Crippen molar-refractivity contribution in [2.24, 2.45) is 23.1 Å². The van der Waals surface area contributed by atoms with E-state index >= 15 is 0 Å². The highest BCUT2D eigenvalue weighted by Crippen LogP contribution is 2.29. The summed E-state index contributed by atoms with van der Waals surface area (Å²) in [6, 6.07) is 8.63. The molecule has 1 heterocycles. The van der Waals surface area contributed by atoms with Gasteiger partial charge in [-0.25, -0.2) is 4.79 Å². The van der Waals surface area contributed by atoms with Gasteiger partial charge in [-0.15, -0.1) is 0 Å². The van der Waals surface area contributed by atoms with Crippen LogP contribution in [0.15, 0.2) is 54.6 Å². The van der Waals surface area contributed by atoms with Gasteiger partial charge in [-0.05, 0) is 74.2 Å². The average molecular weight is 748 g/mol. The highest BCUT2D eigenvalue weighted by atomic mass is 19.4. The van der Waals surface area contributed by atoms with Crippen LogP contribution < -0.4 is 33.2 Å². The lowest BCUT2D eigenvalue weighted by Gasteiger charge is -2.29. The van der Waals surface area contributed by atoms with Crippen LogP contribution in [0.5, 0.6) is 0 Å². The van der Waals surface area contributed by atoms with Gasteiger partial charge in [-0.1, -0.05) is 56.3 Å². The third-order valence-electron chi connectivity index (χ3n) is 9.10. The minimum absolute atomic E-state index is 0.0393. The number of ether oxygens (including phenoxy) is 1. The van der Waals surface area contributed by atoms with Crippen molar-refractivity contribution in [3.63, 3.8) is 0 Å². The zero-order valence-electron chi connectivity index (χ0n) is 30.4. The number of nitrogens with zero attached hydrogens (tertiary/aromatic N) is 1. The average Bonchev–Trinajstić information content (AvgIpc) is 3.52. The number of rotatable bonds is 18. The number of likely N-dealkylation sites (tertiary alicyclic amines) is 1. The van der Waals surface area contributed by atoms with Gasteiger partial charge in [-0.3, -0.25) is 19.2 Å². The van der Waals surface area contributed by atoms with Crippen molar-refractivity contribution in [3.8, 4) is 0 Å². The van der Waals surface area contributed by atoms with E-state index in [0.717, 1.165) is 12.1 Å². The maximum absolute atomic E-state index is 13.9. The number of unbranched alkanes of at least 4 members (excludes halogenated alkanes) is 1. The van der Waals surface area contributed by atoms with Crippen molar-refractivity contribution >= 4 is 29.6 Å². The number of benzene rings is 2. The molecule has 9 N–H and O–H groups in total. The Bertz CT molecular complexity index is 1540. The number of carbonyl (C=O) groups excluding carboxylic acids is 5. The number of nitrogens with one attached hydrogen (secondary N) is 3. The zero-order valence-corrected chi connectivity index (χ0v) is 30.4. The van der Waals surface area contributed by atoms with Gasteiger partial charge in [-0.2, -0.15) is 13.2 Å². The number of halogens is 3. The molecule has 0 radical (unpaired) electrons. The summed E-state index contributed by atoms with van der Waals surface area (Å²) in [7, 11) is 1.22. The fourth-order valence-electron chi connectivity index (χ4n) is 6.12. The molecule has 1 aliphatic rings. The summed E-state index contributed by atoms with van der Waals surface area (Å²) >= 11 is 0. The summed E-state index contributed by atoms with van der Waals surface area (Å²) in [6.07, 6.45) is -2.83. The Balaban J connectivity index is 1.78. The van der Waals surface area contributed by atoms with E-state index in [-0.39, 0.29) is 51.1 Å². The zero-order chi connectivity index (χ0) is 39.3. The van der Waals surface area contributed by atoms with Crippen LogP contribution in [-0.4, -0.2) is 90.9 Å². The topological polar surface area (TPSA) is 212 Å². The van der Waals surface area contributed by atoms with Crippen molar-refractivity contribution in [2.45, 2.75) is 94.7 Å². The van der Waals surface area contributed by atoms with E-state index < -0.39 is 71.0 Å². The number of hydrogen-bond donors (Lipinski definition) is 6. The predicted molar refractivity (Wildman–Crippen MR) is 192 cm³/mol. The van der Waals surface area contributed by atoms with E-state index in [1.807, 2.05) is 13.8 Å². The van der Waals surface area contributed by atoms with Gasteiger partial charge in [0.1, 0.15) is 23.7 Å². The Morgan fingerprint density at radius 1 is 0.849 bits per heavy atom. The molecular formula is C37H52F3N7O6. The second-order valence-electron chi connectivity index (χ2n) is 14.0. The standard InChI is InChI=1S/C37H52F3N7O6/c1-23(2)19-29(32(49)44-28(11-7-8-17-41)34(51)47-18-16-36(43,22-47)35(52)53-3)46-33(50)30(21-24-9-5-4-6-10-24)45-31(48)27(42)20-25-12-14-26(15-13-25)37(38,39)40/h4-6,9-10,12-15,23,27-30H,7-8,11,16-22,41-43H2,1-3H3,(H,44,49)(H,45,48)(H,46,50)/t27-,28-,29-,30-,36?/m1/s1. The van der Waals surface area contributed by atoms with Gasteiger partial charge in [0, 0.05) is 19.5 Å². The van der Waals surface area contributed by atoms with Gasteiger partial charge >= 0.3 is 12.1 Å². The first-order valence-electron chi connectivity index (χ1n) is 17.7. The van der Waals surface area contributed by atoms with Gasteiger partial charge in [0.2, 0.25) is 23.6 Å². The molecule has 2 aromatic rings. The molecule has 0 spiro atoms. The number of methoxy groups -OCH3 is 1. The van der Waals surface area contributed by atoms with E-state index in [1.165, 1.54) is 24.1 Å². The molecule has 0 saturated carbocycles. The Hall–Kier alpha value is -4.54. The lowest BCUT2D eigenvalue weighted by Crippen LogP contribution is -2.59. The van der Waals surface area contributed by atoms with E-state index in [9.17, 15) is 37.1 Å². The van der Waals surface area contributed by atoms with E-state index in [4.69, 9.17) is 21.9 Å². The van der Waals surface area contributed by atoms with Crippen LogP contribution in [0, 0.1) is 5.92 Å². The molecule has 1 saturated heterocycles. The Labute approximate surface area is 307 Å². The van der Waals surface area contributed by atoms with Crippen molar-refractivity contribution < 1.29 is 41.9 Å². The number of esters is 1. The highest BCUT2D eigenvalue weighted by Gasteiger charge is 2.45. The van der Waals surface area contributed by atoms with Crippen LogP contribution in [0.25, 0.3) is 0 Å². The number of hydrogen-bond acceptors (Lipinski definition) is 9. The summed E-state index contributed by atoms with van der Waals surface area (Å²) in [5, 5.41) is 8.22. The van der Waals surface area contributed by atoms with E-state index in [0.29, 0.717) is 30.5 Å². The highest BCUT2D eigenvalue weighted by molar-refractivity contribution is 5.95. The molecule has 16 heteroatoms. The molecule has 5 atom stereocenters. The summed E-state index contributed by atoms with van der Waals surface area (Å²) < 4.78 is 43.9. The van der Waals surface area contributed by atoms with Crippen molar-refractivity contribution in [3.05, 3.63) is 71.3 Å². The SMILES string of the molecule is COC(=O)C1(N)CCN(C(=O)[C@@H](CCCCN)NC(=O)[C@@H](CC(C)C)NC(=O)[C@@H](Cc2ccccc2)NC(=O)[C@H](N)Cc2ccc(C(F)(F)F)cc2)C1. The van der Waals surface area contributed by atoms with Gasteiger partial charge < -0.3 is 42.8 Å². The van der Waals surface area contributed by atoms with Crippen molar-refractivity contribution in [1.29, 1.82) is 0 Å². The summed E-state index contributed by atoms with van der Waals surface area (Å²) in [4.78, 5) is 68.4. The largest absolute Gasteiger partial charge is 0.468 e. The summed E-state index contributed by atoms with van der Waals surface area (Å²) in [5.74, 6) is -3.17. The Morgan fingerprint density at radius 2 is 1.43 bits per heavy atom. The monoisotopic (exact) mass is 747 g/mol. The second kappa shape index (κ2) is 19.5. The Morgan fingerprint density at radius 3 is 2.02 bits per heavy atom. The van der Waals surface area contributed by atoms with Crippen LogP contribution >= 0.6 is 0 Å². The molecule has 4 amide bonds. The molecule has 0 aromatic heterocycles. The first-order chi connectivity index (χ1) is 25.0.